The van der Waals surface area contributed by atoms with Gasteiger partial charge in [0.1, 0.15) is 0 Å². The molecule has 1 aliphatic rings. The molecule has 1 amide bonds. The zero-order chi connectivity index (χ0) is 30.2. The molecular weight excluding hydrogens is 568 g/mol. The lowest BCUT2D eigenvalue weighted by Crippen LogP contribution is -2.38. The number of ether oxygens (including phenoxy) is 1. The number of carboxylic acids is 4. The smallest absolute Gasteiger partial charge is 0.414 e. The minimum Gasteiger partial charge on any atom is -0.473 e. The monoisotopic (exact) mass is 598 g/mol. The number of aliphatic carboxylic acids is 4. The van der Waals surface area contributed by atoms with Crippen molar-refractivity contribution in [2.24, 2.45) is 0 Å². The van der Waals surface area contributed by atoms with Crippen LogP contribution < -0.4 is 10.6 Å². The van der Waals surface area contributed by atoms with E-state index in [4.69, 9.17) is 55.9 Å². The molecule has 2 rings (SSSR count). The summed E-state index contributed by atoms with van der Waals surface area (Å²) in [5, 5.41) is 35.6. The van der Waals surface area contributed by atoms with E-state index in [1.165, 1.54) is 32.3 Å². The molecule has 1 aliphatic heterocycles. The molecule has 1 aromatic carbocycles. The highest BCUT2D eigenvalue weighted by atomic mass is 35.5. The van der Waals surface area contributed by atoms with E-state index in [0.717, 1.165) is 43.6 Å². The predicted molar refractivity (Wildman–Crippen MR) is 136 cm³/mol. The number of sulfonamides is 1. The van der Waals surface area contributed by atoms with Gasteiger partial charge < -0.3 is 35.8 Å². The number of carbonyl (C=O) groups is 5. The first-order chi connectivity index (χ1) is 18.1. The molecule has 0 saturated carbocycles. The van der Waals surface area contributed by atoms with E-state index in [9.17, 15) is 13.2 Å². The third kappa shape index (κ3) is 15.0. The number of morpholine rings is 1. The summed E-state index contributed by atoms with van der Waals surface area (Å²) in [7, 11) is -0.698. The van der Waals surface area contributed by atoms with Gasteiger partial charge in [0.05, 0.1) is 35.4 Å². The van der Waals surface area contributed by atoms with Crippen LogP contribution in [0.25, 0.3) is 0 Å². The molecule has 0 aliphatic carbocycles. The van der Waals surface area contributed by atoms with Crippen LogP contribution in [0, 0.1) is 0 Å². The van der Waals surface area contributed by atoms with E-state index in [2.05, 4.69) is 15.5 Å². The van der Waals surface area contributed by atoms with Crippen LogP contribution in [0.3, 0.4) is 0 Å². The number of nitrogens with zero attached hydrogens (tertiary/aromatic N) is 2. The lowest BCUT2D eigenvalue weighted by Gasteiger charge is -2.26. The Hall–Kier alpha value is -3.35. The van der Waals surface area contributed by atoms with Crippen LogP contribution in [0.2, 0.25) is 5.02 Å². The van der Waals surface area contributed by atoms with E-state index in [1.54, 1.807) is 0 Å². The molecule has 0 atom stereocenters. The summed E-state index contributed by atoms with van der Waals surface area (Å²) in [6, 6.07) is 4.24. The normalized spacial score (nSPS) is 13.2. The summed E-state index contributed by atoms with van der Waals surface area (Å²) in [5.74, 6) is -7.57. The lowest BCUT2D eigenvalue weighted by molar-refractivity contribution is -0.159. The van der Waals surface area contributed by atoms with Crippen molar-refractivity contribution >= 4 is 57.1 Å². The van der Waals surface area contributed by atoms with Crippen molar-refractivity contribution in [2.75, 3.05) is 65.3 Å². The van der Waals surface area contributed by atoms with E-state index in [1.807, 2.05) is 0 Å². The van der Waals surface area contributed by atoms with E-state index in [0.29, 0.717) is 6.54 Å². The van der Waals surface area contributed by atoms with Gasteiger partial charge >= 0.3 is 23.9 Å². The fourth-order valence-electron chi connectivity index (χ4n) is 2.62. The Bertz CT molecular complexity index is 1060. The maximum absolute atomic E-state index is 12.2. The summed E-state index contributed by atoms with van der Waals surface area (Å²) in [6.07, 6.45) is 0.935. The van der Waals surface area contributed by atoms with Gasteiger partial charge in [0.25, 0.3) is 0 Å². The summed E-state index contributed by atoms with van der Waals surface area (Å²) in [6.45, 7) is 5.26. The number of hydrogen-bond acceptors (Lipinski definition) is 10. The average molecular weight is 599 g/mol. The Morgan fingerprint density at radius 1 is 0.974 bits per heavy atom. The fraction of sp³-hybridized carbons (Fsp3) is 0.476. The molecule has 16 nitrogen and oxygen atoms in total. The van der Waals surface area contributed by atoms with Crippen LogP contribution >= 0.6 is 11.6 Å². The first kappa shape index (κ1) is 35.6. The molecule has 1 aromatic rings. The minimum atomic E-state index is -3.59. The number of nitrogens with one attached hydrogen (secondary N) is 2. The molecule has 0 radical (unpaired) electrons. The minimum absolute atomic E-state index is 0.0747. The van der Waals surface area contributed by atoms with Crippen LogP contribution in [0.5, 0.6) is 0 Å². The number of amides is 1. The van der Waals surface area contributed by atoms with Crippen molar-refractivity contribution in [2.45, 2.75) is 11.3 Å². The molecule has 0 aromatic heterocycles. The highest BCUT2D eigenvalue weighted by molar-refractivity contribution is 7.89. The second-order valence-corrected chi connectivity index (χ2v) is 10.2. The molecule has 0 unspecified atom stereocenters. The van der Waals surface area contributed by atoms with E-state index in [-0.39, 0.29) is 28.1 Å². The molecule has 6 N–H and O–H groups in total. The molecule has 1 fully saturated rings. The fourth-order valence-corrected chi connectivity index (χ4v) is 3.71. The lowest BCUT2D eigenvalue weighted by atomic mass is 10.3. The summed E-state index contributed by atoms with van der Waals surface area (Å²) in [5.41, 5.74) is 0.278. The van der Waals surface area contributed by atoms with Crippen molar-refractivity contribution in [1.29, 1.82) is 0 Å². The Balaban J connectivity index is 0.00000100. The predicted octanol–water partition coefficient (Wildman–Crippen LogP) is -0.848. The average Bonchev–Trinajstić information content (AvgIpc) is 2.86. The zero-order valence-electron chi connectivity index (χ0n) is 21.1. The van der Waals surface area contributed by atoms with Crippen LogP contribution in [0.4, 0.5) is 5.69 Å². The van der Waals surface area contributed by atoms with Crippen LogP contribution in [0.1, 0.15) is 6.42 Å². The van der Waals surface area contributed by atoms with Crippen LogP contribution in [-0.2, 0) is 38.7 Å². The highest BCUT2D eigenvalue weighted by Crippen LogP contribution is 2.26. The number of carbonyl (C=O) groups excluding carboxylic acids is 1. The van der Waals surface area contributed by atoms with Gasteiger partial charge in [0.2, 0.25) is 15.9 Å². The summed E-state index contributed by atoms with van der Waals surface area (Å²) in [4.78, 5) is 50.9. The van der Waals surface area contributed by atoms with E-state index >= 15 is 0 Å². The van der Waals surface area contributed by atoms with Crippen molar-refractivity contribution in [3.05, 3.63) is 23.2 Å². The molecule has 220 valence electrons. The maximum atomic E-state index is 12.2. The number of halogens is 1. The maximum Gasteiger partial charge on any atom is 0.414 e. The molecular formula is C21H31ClN4O12S. The van der Waals surface area contributed by atoms with Crippen LogP contribution in [0.15, 0.2) is 23.1 Å². The molecule has 1 saturated heterocycles. The summed E-state index contributed by atoms with van der Waals surface area (Å²) >= 11 is 6.08. The zero-order valence-corrected chi connectivity index (χ0v) is 22.7. The Kier molecular flexibility index (Phi) is 16.5. The van der Waals surface area contributed by atoms with Gasteiger partial charge in [-0.15, -0.1) is 0 Å². The van der Waals surface area contributed by atoms with Gasteiger partial charge in [0, 0.05) is 27.2 Å². The molecule has 0 spiro atoms. The van der Waals surface area contributed by atoms with Gasteiger partial charge in [-0.25, -0.2) is 31.9 Å². The van der Waals surface area contributed by atoms with Crippen LogP contribution in [-0.4, -0.2) is 128 Å². The highest BCUT2D eigenvalue weighted by Gasteiger charge is 2.19. The first-order valence-electron chi connectivity index (χ1n) is 11.0. The number of hydrogen-bond donors (Lipinski definition) is 6. The van der Waals surface area contributed by atoms with E-state index < -0.39 is 33.9 Å². The summed E-state index contributed by atoms with van der Waals surface area (Å²) < 4.78 is 30.8. The molecule has 18 heteroatoms. The Labute approximate surface area is 229 Å². The van der Waals surface area contributed by atoms with Gasteiger partial charge in [0.15, 0.2) is 0 Å². The van der Waals surface area contributed by atoms with Gasteiger partial charge in [-0.1, -0.05) is 11.6 Å². The molecule has 39 heavy (non-hydrogen) atoms. The van der Waals surface area contributed by atoms with Crippen molar-refractivity contribution in [3.8, 4) is 0 Å². The second kappa shape index (κ2) is 18.0. The van der Waals surface area contributed by atoms with Gasteiger partial charge in [-0.05, 0) is 37.7 Å². The van der Waals surface area contributed by atoms with Crippen molar-refractivity contribution < 1.29 is 57.6 Å². The SMILES string of the molecule is CN(C)S(=O)(=O)c1ccc(Cl)c(NC(=O)CNCCCN2CCOCC2)c1.O=C(O)C(=O)O.O=C(O)C(=O)O. The van der Waals surface area contributed by atoms with Crippen molar-refractivity contribution in [3.63, 3.8) is 0 Å². The quantitative estimate of drug-likeness (QED) is 0.150. The number of rotatable bonds is 9. The van der Waals surface area contributed by atoms with Crippen molar-refractivity contribution in [1.82, 2.24) is 14.5 Å². The Morgan fingerprint density at radius 2 is 1.49 bits per heavy atom. The number of anilines is 1. The number of carboxylic acid groups (broad SMARTS) is 4. The standard InChI is InChI=1S/C17H27ClN4O4S.2C2H2O4/c1-21(2)27(24,25)14-4-5-15(18)16(12-14)20-17(23)13-19-6-3-7-22-8-10-26-11-9-22;2*3-1(4)2(5)6/h4-5,12,19H,3,6-11,13H2,1-2H3,(H,20,23);2*(H,3,4)(H,5,6). The number of benzene rings is 1. The third-order valence-electron chi connectivity index (χ3n) is 4.57. The largest absolute Gasteiger partial charge is 0.473 e. The third-order valence-corrected chi connectivity index (χ3v) is 6.71. The molecule has 1 heterocycles. The first-order valence-corrected chi connectivity index (χ1v) is 12.9. The van der Waals surface area contributed by atoms with Gasteiger partial charge in [-0.2, -0.15) is 0 Å². The molecule has 0 bridgehead atoms. The second-order valence-electron chi connectivity index (χ2n) is 7.68. The van der Waals surface area contributed by atoms with Gasteiger partial charge in [-0.3, -0.25) is 9.69 Å². The topological polar surface area (TPSA) is 240 Å². The Morgan fingerprint density at radius 3 is 1.95 bits per heavy atom.